The minimum atomic E-state index is -3.53. The van der Waals surface area contributed by atoms with Crippen LogP contribution in [0.4, 0.5) is 5.69 Å². The fraction of sp³-hybridized carbons (Fsp3) is 0.513. The van der Waals surface area contributed by atoms with Crippen molar-refractivity contribution in [3.05, 3.63) is 88.2 Å². The first kappa shape index (κ1) is 35.7. The molecule has 4 aliphatic rings. The van der Waals surface area contributed by atoms with E-state index in [-0.39, 0.29) is 28.9 Å². The first-order chi connectivity index (χ1) is 24.7. The Hall–Kier alpha value is -3.67. The summed E-state index contributed by atoms with van der Waals surface area (Å²) in [6, 6.07) is 11.4. The van der Waals surface area contributed by atoms with E-state index in [9.17, 15) is 13.8 Å². The van der Waals surface area contributed by atoms with E-state index in [0.717, 1.165) is 63.7 Å². The highest BCUT2D eigenvalue weighted by Gasteiger charge is 2.38. The van der Waals surface area contributed by atoms with Crippen molar-refractivity contribution in [2.24, 2.45) is 28.0 Å². The number of nitrogens with one attached hydrogen (secondary N) is 1. The Morgan fingerprint density at radius 1 is 1.12 bits per heavy atom. The van der Waals surface area contributed by atoms with Gasteiger partial charge in [-0.3, -0.25) is 19.0 Å². The van der Waals surface area contributed by atoms with Crippen LogP contribution in [0.25, 0.3) is 0 Å². The number of ether oxygens (including phenoxy) is 2. The highest BCUT2D eigenvalue weighted by atomic mass is 35.5. The molecule has 3 aromatic rings. The van der Waals surface area contributed by atoms with Gasteiger partial charge < -0.3 is 14.4 Å². The maximum atomic E-state index is 14.6. The number of aromatic nitrogens is 2. The molecule has 10 nitrogen and oxygen atoms in total. The first-order valence-corrected chi connectivity index (χ1v) is 20.3. The van der Waals surface area contributed by atoms with Gasteiger partial charge in [0.25, 0.3) is 11.8 Å². The van der Waals surface area contributed by atoms with Gasteiger partial charge in [0, 0.05) is 43.5 Å². The average molecular weight is 734 g/mol. The molecule has 2 bridgehead atoms. The molecule has 2 aliphatic carbocycles. The lowest BCUT2D eigenvalue weighted by molar-refractivity contribution is 0.0133. The van der Waals surface area contributed by atoms with Gasteiger partial charge in [0.05, 0.1) is 35.9 Å². The molecule has 272 valence electrons. The highest BCUT2D eigenvalue weighted by Crippen LogP contribution is 2.42. The molecule has 0 saturated heterocycles. The molecule has 7 rings (SSSR count). The van der Waals surface area contributed by atoms with Gasteiger partial charge in [-0.15, -0.1) is 4.36 Å². The summed E-state index contributed by atoms with van der Waals surface area (Å²) in [5, 5.41) is 5.05. The van der Waals surface area contributed by atoms with Gasteiger partial charge in [-0.2, -0.15) is 5.10 Å². The molecule has 12 heteroatoms. The predicted octanol–water partition coefficient (Wildman–Crippen LogP) is 7.26. The van der Waals surface area contributed by atoms with Gasteiger partial charge in [0.15, 0.2) is 0 Å². The number of hydrogen-bond donors (Lipinski definition) is 1. The van der Waals surface area contributed by atoms with Crippen molar-refractivity contribution in [2.75, 3.05) is 30.9 Å². The minimum absolute atomic E-state index is 0.00819. The van der Waals surface area contributed by atoms with E-state index < -0.39 is 21.7 Å². The number of fused-ring (bicyclic) bond motifs is 3. The lowest BCUT2D eigenvalue weighted by Crippen LogP contribution is -2.43. The number of carbonyl (C=O) groups excluding carboxylic acids is 2. The van der Waals surface area contributed by atoms with Gasteiger partial charge >= 0.3 is 0 Å². The van der Waals surface area contributed by atoms with E-state index in [4.69, 9.17) is 21.1 Å². The third kappa shape index (κ3) is 8.69. The number of methoxy groups -OCH3 is 1. The maximum absolute atomic E-state index is 14.6. The van der Waals surface area contributed by atoms with Crippen LogP contribution in [-0.2, 0) is 34.2 Å². The second-order valence-electron chi connectivity index (χ2n) is 14.8. The minimum Gasteiger partial charge on any atom is -0.491 e. The number of nitrogens with zero attached hydrogens (tertiary/aromatic N) is 4. The Morgan fingerprint density at radius 2 is 1.98 bits per heavy atom. The number of hydrogen-bond acceptors (Lipinski definition) is 7. The van der Waals surface area contributed by atoms with Crippen LogP contribution in [0.5, 0.6) is 5.75 Å². The molecule has 0 spiro atoms. The summed E-state index contributed by atoms with van der Waals surface area (Å²) in [7, 11) is -1.77. The van der Waals surface area contributed by atoms with Crippen LogP contribution >= 0.6 is 11.6 Å². The Labute approximate surface area is 306 Å². The molecular formula is C39H48ClN5O5S. The summed E-state index contributed by atoms with van der Waals surface area (Å²) in [5.74, 6) is 0.615. The number of rotatable bonds is 5. The summed E-state index contributed by atoms with van der Waals surface area (Å²) in [4.78, 5) is 29.8. The van der Waals surface area contributed by atoms with Gasteiger partial charge in [-0.05, 0) is 116 Å². The fourth-order valence-corrected chi connectivity index (χ4v) is 9.61. The molecule has 2 amide bonds. The van der Waals surface area contributed by atoms with Crippen molar-refractivity contribution in [2.45, 2.75) is 77.5 Å². The number of allylic oxidation sites excluding steroid dienone is 1. The average Bonchev–Trinajstić information content (AvgIpc) is 3.78. The van der Waals surface area contributed by atoms with Crippen LogP contribution < -0.4 is 14.4 Å². The monoisotopic (exact) mass is 733 g/mol. The molecule has 1 N–H and O–H groups in total. The predicted molar refractivity (Wildman–Crippen MR) is 199 cm³/mol. The largest absolute Gasteiger partial charge is 0.491 e. The zero-order valence-corrected chi connectivity index (χ0v) is 31.0. The van der Waals surface area contributed by atoms with Crippen LogP contribution in [0, 0.1) is 23.7 Å². The fourth-order valence-electron chi connectivity index (χ4n) is 7.52. The summed E-state index contributed by atoms with van der Waals surface area (Å²) >= 11 is 6.47. The summed E-state index contributed by atoms with van der Waals surface area (Å²) < 4.78 is 35.7. The smallest absolute Gasteiger partial charge is 0.286 e. The van der Waals surface area contributed by atoms with Gasteiger partial charge in [-0.25, -0.2) is 4.21 Å². The van der Waals surface area contributed by atoms with Crippen molar-refractivity contribution in [1.82, 2.24) is 14.5 Å². The number of carbonyl (C=O) groups is 2. The zero-order valence-electron chi connectivity index (χ0n) is 29.5. The summed E-state index contributed by atoms with van der Waals surface area (Å²) in [5.41, 5.74) is 3.76. The maximum Gasteiger partial charge on any atom is 0.286 e. The van der Waals surface area contributed by atoms with Gasteiger partial charge in [0.2, 0.25) is 0 Å². The second kappa shape index (κ2) is 15.5. The van der Waals surface area contributed by atoms with E-state index in [2.05, 4.69) is 43.4 Å². The quantitative estimate of drug-likeness (QED) is 0.275. The molecule has 2 aromatic carbocycles. The summed E-state index contributed by atoms with van der Waals surface area (Å²) in [6.45, 7) is 4.58. The SMILES string of the molecule is CO[C@H]1/C=C/C[C@H](C)CS(=O)(NC(=O)c2cnn(CC3CC3)c2)=NC(=O)c2ccc3c(c2)N(Cc2ccc(Cl)cc2CCCCO3)C[C@@H]2CC[C@H]21. The van der Waals surface area contributed by atoms with Crippen LogP contribution in [-0.4, -0.2) is 57.9 Å². The molecule has 2 fully saturated rings. The molecule has 51 heavy (non-hydrogen) atoms. The number of halogens is 1. The van der Waals surface area contributed by atoms with E-state index in [1.54, 1.807) is 24.1 Å². The molecule has 2 saturated carbocycles. The van der Waals surface area contributed by atoms with Crippen LogP contribution in [0.3, 0.4) is 0 Å². The number of benzene rings is 2. The third-order valence-electron chi connectivity index (χ3n) is 10.7. The Balaban J connectivity index is 1.28. The second-order valence-corrected chi connectivity index (χ2v) is 17.2. The van der Waals surface area contributed by atoms with Crippen molar-refractivity contribution in [3.8, 4) is 5.75 Å². The normalized spacial score (nSPS) is 27.7. The highest BCUT2D eigenvalue weighted by molar-refractivity contribution is 7.92. The Kier molecular flexibility index (Phi) is 10.9. The molecule has 1 unspecified atom stereocenters. The number of anilines is 1. The Bertz CT molecular complexity index is 1910. The number of amides is 2. The van der Waals surface area contributed by atoms with Crippen LogP contribution in [0.2, 0.25) is 5.02 Å². The van der Waals surface area contributed by atoms with Crippen molar-refractivity contribution in [3.63, 3.8) is 0 Å². The lowest BCUT2D eigenvalue weighted by atomic mass is 9.70. The molecule has 1 aromatic heterocycles. The third-order valence-corrected chi connectivity index (χ3v) is 12.9. The van der Waals surface area contributed by atoms with Gasteiger partial charge in [0.1, 0.15) is 15.7 Å². The first-order valence-electron chi connectivity index (χ1n) is 18.3. The molecular weight excluding hydrogens is 686 g/mol. The summed E-state index contributed by atoms with van der Waals surface area (Å²) in [6.07, 6.45) is 15.0. The lowest BCUT2D eigenvalue weighted by Gasteiger charge is -2.43. The van der Waals surface area contributed by atoms with E-state index in [1.165, 1.54) is 17.3 Å². The van der Waals surface area contributed by atoms with E-state index in [0.29, 0.717) is 48.1 Å². The number of aryl methyl sites for hydroxylation is 1. The van der Waals surface area contributed by atoms with Crippen molar-refractivity contribution in [1.29, 1.82) is 0 Å². The molecule has 3 heterocycles. The zero-order chi connectivity index (χ0) is 35.5. The topological polar surface area (TPSA) is 115 Å². The molecule has 0 radical (unpaired) electrons. The van der Waals surface area contributed by atoms with Crippen molar-refractivity contribution >= 4 is 39.0 Å². The molecule has 5 atom stereocenters. The molecule has 2 aliphatic heterocycles. The van der Waals surface area contributed by atoms with Gasteiger partial charge in [-0.1, -0.05) is 36.7 Å². The van der Waals surface area contributed by atoms with Crippen LogP contribution in [0.1, 0.15) is 83.7 Å². The van der Waals surface area contributed by atoms with Crippen molar-refractivity contribution < 1.29 is 23.3 Å². The Morgan fingerprint density at radius 3 is 2.76 bits per heavy atom. The van der Waals surface area contributed by atoms with E-state index in [1.807, 2.05) is 25.1 Å². The van der Waals surface area contributed by atoms with E-state index >= 15 is 0 Å². The van der Waals surface area contributed by atoms with Crippen LogP contribution in [0.15, 0.2) is 65.3 Å². The standard InChI is InChI=1S/C39H48ClN5O5S/c1-26-6-5-8-36(49-2)34-15-12-31(34)23-44-22-30-11-14-33(40)18-28(30)7-3-4-17-50-37-16-13-29(19-35(37)44)38(46)42-51(48,25-26)43-39(47)32-20-41-45(24-32)21-27-9-10-27/h5,8,11,13-14,16,18-20,24,26-27,31,34,36H,3-4,6-7,9-10,12,15,17,21-23,25H2,1-2H3,(H,42,43,46,47,48)/b8-5+/t26-,31-,34+,36-,51?/m0/s1.